The lowest BCUT2D eigenvalue weighted by Gasteiger charge is -2.37. The molecule has 178 valence electrons. The van der Waals surface area contributed by atoms with Gasteiger partial charge in [-0.05, 0) is 31.5 Å². The van der Waals surface area contributed by atoms with Gasteiger partial charge in [0.25, 0.3) is 5.91 Å². The lowest BCUT2D eigenvalue weighted by atomic mass is 10.0. The number of carbonyl (C=O) groups excluding carboxylic acids is 1. The molecule has 10 heteroatoms. The van der Waals surface area contributed by atoms with E-state index in [4.69, 9.17) is 4.74 Å². The number of benzene rings is 1. The van der Waals surface area contributed by atoms with Gasteiger partial charge in [-0.15, -0.1) is 0 Å². The topological polar surface area (TPSA) is 113 Å². The van der Waals surface area contributed by atoms with Crippen molar-refractivity contribution in [2.24, 2.45) is 5.92 Å². The number of aliphatic hydroxyl groups excluding tert-OH is 1. The Morgan fingerprint density at radius 3 is 2.79 bits per heavy atom. The summed E-state index contributed by atoms with van der Waals surface area (Å²) in [4.78, 5) is 22.3. The van der Waals surface area contributed by atoms with Gasteiger partial charge in [-0.2, -0.15) is 4.31 Å². The van der Waals surface area contributed by atoms with E-state index in [1.54, 1.807) is 26.1 Å². The Bertz CT molecular complexity index is 1110. The Morgan fingerprint density at radius 1 is 1.39 bits per heavy atom. The minimum Gasteiger partial charge on any atom is -0.487 e. The maximum Gasteiger partial charge on any atom is 0.273 e. The fourth-order valence-electron chi connectivity index (χ4n) is 3.71. The van der Waals surface area contributed by atoms with Crippen molar-refractivity contribution < 1.29 is 23.1 Å². The molecule has 1 N–H and O–H groups in total. The highest BCUT2D eigenvalue weighted by molar-refractivity contribution is 7.89. The number of hydrogen-bond donors (Lipinski definition) is 1. The van der Waals surface area contributed by atoms with E-state index in [9.17, 15) is 18.3 Å². The zero-order valence-electron chi connectivity index (χ0n) is 19.2. The second-order valence-electron chi connectivity index (χ2n) is 8.22. The van der Waals surface area contributed by atoms with Crippen LogP contribution in [0.5, 0.6) is 5.75 Å². The first-order valence-corrected chi connectivity index (χ1v) is 12.2. The summed E-state index contributed by atoms with van der Waals surface area (Å²) in [5.41, 5.74) is 1.01. The second kappa shape index (κ2) is 10.4. The molecular formula is C23H30N4O5S. The van der Waals surface area contributed by atoms with E-state index in [0.717, 1.165) is 5.56 Å². The molecule has 1 aromatic heterocycles. The molecule has 0 fully saturated rings. The van der Waals surface area contributed by atoms with Gasteiger partial charge in [0.1, 0.15) is 22.4 Å². The van der Waals surface area contributed by atoms with Crippen molar-refractivity contribution in [1.29, 1.82) is 0 Å². The van der Waals surface area contributed by atoms with Crippen molar-refractivity contribution in [1.82, 2.24) is 19.2 Å². The van der Waals surface area contributed by atoms with Crippen molar-refractivity contribution in [3.63, 3.8) is 0 Å². The predicted molar refractivity (Wildman–Crippen MR) is 124 cm³/mol. The van der Waals surface area contributed by atoms with E-state index in [1.807, 2.05) is 26.0 Å². The highest BCUT2D eigenvalue weighted by atomic mass is 32.2. The molecule has 0 unspecified atom stereocenters. The minimum atomic E-state index is -3.90. The fourth-order valence-corrected chi connectivity index (χ4v) is 5.54. The Hall–Kier alpha value is -2.82. The number of allylic oxidation sites excluding steroid dienone is 1. The van der Waals surface area contributed by atoms with Crippen molar-refractivity contribution in [2.75, 3.05) is 26.7 Å². The summed E-state index contributed by atoms with van der Waals surface area (Å²) in [6.45, 7) is 5.45. The van der Waals surface area contributed by atoms with E-state index >= 15 is 0 Å². The van der Waals surface area contributed by atoms with Crippen LogP contribution in [0.2, 0.25) is 0 Å². The molecule has 0 bridgehead atoms. The summed E-state index contributed by atoms with van der Waals surface area (Å²) in [7, 11) is -2.26. The Morgan fingerprint density at radius 2 is 2.15 bits per heavy atom. The highest BCUT2D eigenvalue weighted by Gasteiger charge is 2.38. The number of hydrogen-bond acceptors (Lipinski definition) is 7. The number of amides is 1. The van der Waals surface area contributed by atoms with Crippen LogP contribution in [0.15, 0.2) is 47.8 Å². The lowest BCUT2D eigenvalue weighted by Crippen LogP contribution is -2.50. The molecule has 33 heavy (non-hydrogen) atoms. The molecule has 2 aromatic rings. The summed E-state index contributed by atoms with van der Waals surface area (Å²) >= 11 is 0. The molecule has 1 aliphatic heterocycles. The summed E-state index contributed by atoms with van der Waals surface area (Å²) in [6, 6.07) is 4.31. The average Bonchev–Trinajstić information content (AvgIpc) is 2.81. The monoisotopic (exact) mass is 474 g/mol. The SMILES string of the molecule is CC=Cc1ccc2c(c1)O[C@H](CN(C)C(=O)c1cnccn1)[C@@H](C)CN([C@@H](C)CO)S2(=O)=O. The largest absolute Gasteiger partial charge is 0.487 e. The fraction of sp³-hybridized carbons (Fsp3) is 0.435. The number of ether oxygens (including phenoxy) is 1. The summed E-state index contributed by atoms with van der Waals surface area (Å²) in [5, 5.41) is 9.73. The molecule has 1 aromatic carbocycles. The summed E-state index contributed by atoms with van der Waals surface area (Å²) in [5.74, 6) is -0.362. The molecule has 0 saturated carbocycles. The molecule has 0 spiro atoms. The smallest absolute Gasteiger partial charge is 0.273 e. The number of likely N-dealkylation sites (N-methyl/N-ethyl adjacent to an activating group) is 1. The quantitative estimate of drug-likeness (QED) is 0.682. The van der Waals surface area contributed by atoms with Gasteiger partial charge in [-0.1, -0.05) is 25.1 Å². The molecule has 0 radical (unpaired) electrons. The van der Waals surface area contributed by atoms with Gasteiger partial charge < -0.3 is 14.7 Å². The van der Waals surface area contributed by atoms with Crippen molar-refractivity contribution in [3.05, 3.63) is 54.1 Å². The standard InChI is InChI=1S/C23H30N4O5S/c1-5-6-18-7-8-22-20(11-18)32-21(14-26(4)23(29)19-12-24-9-10-25-19)16(2)13-27(17(3)15-28)33(22,30)31/h5-12,16-17,21,28H,13-15H2,1-4H3/t16-,17-,21+/m0/s1. The van der Waals surface area contributed by atoms with Crippen molar-refractivity contribution in [3.8, 4) is 5.75 Å². The number of fused-ring (bicyclic) bond motifs is 1. The number of nitrogens with zero attached hydrogens (tertiary/aromatic N) is 4. The number of carbonyl (C=O) groups is 1. The van der Waals surface area contributed by atoms with Crippen LogP contribution in [-0.4, -0.2) is 77.5 Å². The molecular weight excluding hydrogens is 444 g/mol. The van der Waals surface area contributed by atoms with Crippen LogP contribution >= 0.6 is 0 Å². The number of rotatable bonds is 6. The predicted octanol–water partition coefficient (Wildman–Crippen LogP) is 2.05. The van der Waals surface area contributed by atoms with Crippen LogP contribution in [0.4, 0.5) is 0 Å². The molecule has 1 amide bonds. The number of aliphatic hydroxyl groups is 1. The first kappa shape index (κ1) is 24.8. The van der Waals surface area contributed by atoms with Crippen LogP contribution < -0.4 is 4.74 Å². The third-order valence-corrected chi connectivity index (χ3v) is 7.65. The third-order valence-electron chi connectivity index (χ3n) is 5.63. The molecule has 3 rings (SSSR count). The van der Waals surface area contributed by atoms with Gasteiger partial charge in [0.15, 0.2) is 0 Å². The number of sulfonamides is 1. The normalized spacial score (nSPS) is 21.5. The Balaban J connectivity index is 2.01. The van der Waals surface area contributed by atoms with Crippen molar-refractivity contribution in [2.45, 2.75) is 37.8 Å². The molecule has 0 aliphatic carbocycles. The molecule has 2 heterocycles. The van der Waals surface area contributed by atoms with E-state index in [1.165, 1.54) is 33.9 Å². The van der Waals surface area contributed by atoms with E-state index in [-0.39, 0.29) is 47.9 Å². The molecule has 0 saturated heterocycles. The maximum atomic E-state index is 13.5. The first-order chi connectivity index (χ1) is 15.7. The van der Waals surface area contributed by atoms with Crippen molar-refractivity contribution >= 4 is 22.0 Å². The minimum absolute atomic E-state index is 0.0378. The van der Waals surface area contributed by atoms with Gasteiger partial charge in [0.2, 0.25) is 10.0 Å². The second-order valence-corrected chi connectivity index (χ2v) is 10.1. The number of aromatic nitrogens is 2. The van der Waals surface area contributed by atoms with Crippen LogP contribution in [0.25, 0.3) is 6.08 Å². The first-order valence-electron chi connectivity index (χ1n) is 10.8. The van der Waals surface area contributed by atoms with Crippen LogP contribution in [0.1, 0.15) is 36.8 Å². The van der Waals surface area contributed by atoms with E-state index in [0.29, 0.717) is 0 Å². The third kappa shape index (κ3) is 5.40. The Labute approximate surface area is 194 Å². The molecule has 1 aliphatic rings. The maximum absolute atomic E-state index is 13.5. The van der Waals surface area contributed by atoms with Gasteiger partial charge in [0, 0.05) is 37.9 Å². The highest BCUT2D eigenvalue weighted by Crippen LogP contribution is 2.34. The molecule has 9 nitrogen and oxygen atoms in total. The van der Waals surface area contributed by atoms with Gasteiger partial charge in [-0.25, -0.2) is 13.4 Å². The summed E-state index contributed by atoms with van der Waals surface area (Å²) < 4.78 is 34.5. The zero-order chi connectivity index (χ0) is 24.2. The van der Waals surface area contributed by atoms with Gasteiger partial charge in [-0.3, -0.25) is 9.78 Å². The Kier molecular flexibility index (Phi) is 7.83. The molecule has 3 atom stereocenters. The van der Waals surface area contributed by atoms with Gasteiger partial charge in [0.05, 0.1) is 19.3 Å². The average molecular weight is 475 g/mol. The van der Waals surface area contributed by atoms with Crippen LogP contribution in [0, 0.1) is 5.92 Å². The zero-order valence-corrected chi connectivity index (χ0v) is 20.1. The van der Waals surface area contributed by atoms with Crippen LogP contribution in [-0.2, 0) is 10.0 Å². The van der Waals surface area contributed by atoms with Gasteiger partial charge >= 0.3 is 0 Å². The van der Waals surface area contributed by atoms with E-state index in [2.05, 4.69) is 9.97 Å². The van der Waals surface area contributed by atoms with Crippen LogP contribution in [0.3, 0.4) is 0 Å². The van der Waals surface area contributed by atoms with E-state index < -0.39 is 22.2 Å². The lowest BCUT2D eigenvalue weighted by molar-refractivity contribution is 0.0559. The summed E-state index contributed by atoms with van der Waals surface area (Å²) in [6.07, 6.45) is 7.55.